The maximum atomic E-state index is 10.4. The van der Waals surface area contributed by atoms with Gasteiger partial charge in [-0.25, -0.2) is 4.98 Å². The SMILES string of the molecule is CC(C)/N=C/c1cccc(C=O)n1. The second kappa shape index (κ2) is 4.50. The fraction of sp³-hybridized carbons (Fsp3) is 0.300. The molecule has 0 atom stereocenters. The van der Waals surface area contributed by atoms with Crippen LogP contribution >= 0.6 is 0 Å². The largest absolute Gasteiger partial charge is 0.296 e. The Balaban J connectivity index is 2.83. The zero-order valence-electron chi connectivity index (χ0n) is 7.77. The molecule has 3 heteroatoms. The van der Waals surface area contributed by atoms with Gasteiger partial charge in [-0.15, -0.1) is 0 Å². The zero-order valence-corrected chi connectivity index (χ0v) is 7.77. The average Bonchev–Trinajstić information content (AvgIpc) is 2.15. The van der Waals surface area contributed by atoms with Crippen LogP contribution in [0.4, 0.5) is 0 Å². The van der Waals surface area contributed by atoms with E-state index in [-0.39, 0.29) is 6.04 Å². The molecule has 0 spiro atoms. The zero-order chi connectivity index (χ0) is 9.68. The molecule has 13 heavy (non-hydrogen) atoms. The molecule has 0 unspecified atom stereocenters. The standard InChI is InChI=1S/C10H12N2O/c1-8(2)11-6-9-4-3-5-10(7-13)12-9/h3-8H,1-2H3/b11-6+. The second-order valence-electron chi connectivity index (χ2n) is 2.98. The van der Waals surface area contributed by atoms with Crippen LogP contribution in [0, 0.1) is 0 Å². The van der Waals surface area contributed by atoms with Crippen molar-refractivity contribution in [3.8, 4) is 0 Å². The topological polar surface area (TPSA) is 42.3 Å². The van der Waals surface area contributed by atoms with Gasteiger partial charge >= 0.3 is 0 Å². The fourth-order valence-corrected chi connectivity index (χ4v) is 0.832. The van der Waals surface area contributed by atoms with Gasteiger partial charge in [0.15, 0.2) is 6.29 Å². The number of aliphatic imine (C=N–C) groups is 1. The van der Waals surface area contributed by atoms with Gasteiger partial charge in [0.05, 0.1) is 5.69 Å². The van der Waals surface area contributed by atoms with Gasteiger partial charge in [0.1, 0.15) is 5.69 Å². The molecule has 0 saturated carbocycles. The van der Waals surface area contributed by atoms with Crippen molar-refractivity contribution in [2.75, 3.05) is 0 Å². The minimum atomic E-state index is 0.252. The van der Waals surface area contributed by atoms with E-state index >= 15 is 0 Å². The van der Waals surface area contributed by atoms with Crippen molar-refractivity contribution in [3.63, 3.8) is 0 Å². The van der Waals surface area contributed by atoms with Crippen LogP contribution in [0.5, 0.6) is 0 Å². The molecular weight excluding hydrogens is 164 g/mol. The summed E-state index contributed by atoms with van der Waals surface area (Å²) in [7, 11) is 0. The first-order valence-electron chi connectivity index (χ1n) is 4.18. The second-order valence-corrected chi connectivity index (χ2v) is 2.98. The van der Waals surface area contributed by atoms with Gasteiger partial charge in [-0.1, -0.05) is 6.07 Å². The molecule has 1 heterocycles. The Bertz CT molecular complexity index is 318. The summed E-state index contributed by atoms with van der Waals surface area (Å²) >= 11 is 0. The van der Waals surface area contributed by atoms with E-state index in [0.717, 1.165) is 12.0 Å². The lowest BCUT2D eigenvalue weighted by molar-refractivity contribution is 0.111. The minimum absolute atomic E-state index is 0.252. The average molecular weight is 176 g/mol. The molecule has 0 amide bonds. The molecule has 0 radical (unpaired) electrons. The van der Waals surface area contributed by atoms with Crippen molar-refractivity contribution >= 4 is 12.5 Å². The predicted molar refractivity (Wildman–Crippen MR) is 52.4 cm³/mol. The first-order valence-corrected chi connectivity index (χ1v) is 4.18. The van der Waals surface area contributed by atoms with Crippen LogP contribution < -0.4 is 0 Å². The summed E-state index contributed by atoms with van der Waals surface area (Å²) in [6.45, 7) is 3.97. The first-order chi connectivity index (χ1) is 6.22. The summed E-state index contributed by atoms with van der Waals surface area (Å²) in [4.78, 5) is 18.6. The summed E-state index contributed by atoms with van der Waals surface area (Å²) in [5.41, 5.74) is 1.16. The molecule has 0 aliphatic rings. The Kier molecular flexibility index (Phi) is 3.31. The third kappa shape index (κ3) is 3.15. The molecule has 0 aliphatic heterocycles. The van der Waals surface area contributed by atoms with E-state index in [1.807, 2.05) is 19.9 Å². The lowest BCUT2D eigenvalue weighted by Gasteiger charge is -1.95. The number of carbonyl (C=O) groups is 1. The number of aldehydes is 1. The molecule has 0 saturated heterocycles. The summed E-state index contributed by atoms with van der Waals surface area (Å²) in [5.74, 6) is 0. The Morgan fingerprint density at radius 2 is 2.08 bits per heavy atom. The molecule has 0 aliphatic carbocycles. The molecule has 0 aromatic carbocycles. The van der Waals surface area contributed by atoms with Gasteiger partial charge < -0.3 is 0 Å². The van der Waals surface area contributed by atoms with Crippen LogP contribution in [0.3, 0.4) is 0 Å². The van der Waals surface area contributed by atoms with Gasteiger partial charge in [-0.05, 0) is 26.0 Å². The summed E-state index contributed by atoms with van der Waals surface area (Å²) in [6, 6.07) is 5.53. The van der Waals surface area contributed by atoms with E-state index in [1.165, 1.54) is 0 Å². The van der Waals surface area contributed by atoms with Crippen molar-refractivity contribution in [1.82, 2.24) is 4.98 Å². The highest BCUT2D eigenvalue weighted by Crippen LogP contribution is 1.95. The van der Waals surface area contributed by atoms with Crippen molar-refractivity contribution in [3.05, 3.63) is 29.6 Å². The highest BCUT2D eigenvalue weighted by molar-refractivity contribution is 5.79. The molecule has 0 bridgehead atoms. The van der Waals surface area contributed by atoms with Gasteiger partial charge in [-0.3, -0.25) is 9.79 Å². The maximum Gasteiger partial charge on any atom is 0.168 e. The molecule has 1 rings (SSSR count). The van der Waals surface area contributed by atoms with Crippen LogP contribution in [-0.4, -0.2) is 23.5 Å². The van der Waals surface area contributed by atoms with Crippen molar-refractivity contribution in [1.29, 1.82) is 0 Å². The Labute approximate surface area is 77.5 Å². The third-order valence-electron chi connectivity index (χ3n) is 1.42. The van der Waals surface area contributed by atoms with Gasteiger partial charge in [0.2, 0.25) is 0 Å². The van der Waals surface area contributed by atoms with Crippen LogP contribution in [0.15, 0.2) is 23.2 Å². The molecule has 3 nitrogen and oxygen atoms in total. The fourth-order valence-electron chi connectivity index (χ4n) is 0.832. The third-order valence-corrected chi connectivity index (χ3v) is 1.42. The minimum Gasteiger partial charge on any atom is -0.296 e. The maximum absolute atomic E-state index is 10.4. The molecule has 0 N–H and O–H groups in total. The van der Waals surface area contributed by atoms with Gasteiger partial charge in [0.25, 0.3) is 0 Å². The predicted octanol–water partition coefficient (Wildman–Crippen LogP) is 1.72. The molecule has 1 aromatic rings. The number of pyridine rings is 1. The number of hydrogen-bond donors (Lipinski definition) is 0. The van der Waals surface area contributed by atoms with Crippen LogP contribution in [-0.2, 0) is 0 Å². The number of carbonyl (C=O) groups excluding carboxylic acids is 1. The van der Waals surface area contributed by atoms with E-state index in [4.69, 9.17) is 0 Å². The summed E-state index contributed by atoms with van der Waals surface area (Å²) in [5, 5.41) is 0. The molecule has 0 fully saturated rings. The Hall–Kier alpha value is -1.51. The van der Waals surface area contributed by atoms with E-state index in [9.17, 15) is 4.79 Å². The quantitative estimate of drug-likeness (QED) is 0.520. The van der Waals surface area contributed by atoms with Crippen LogP contribution in [0.25, 0.3) is 0 Å². The Morgan fingerprint density at radius 3 is 2.69 bits per heavy atom. The molecular formula is C10H12N2O. The van der Waals surface area contributed by atoms with Gasteiger partial charge in [-0.2, -0.15) is 0 Å². The molecule has 1 aromatic heterocycles. The lowest BCUT2D eigenvalue weighted by Crippen LogP contribution is -1.95. The first kappa shape index (κ1) is 9.58. The van der Waals surface area contributed by atoms with E-state index in [0.29, 0.717) is 5.69 Å². The number of nitrogens with zero attached hydrogens (tertiary/aromatic N) is 2. The molecule has 68 valence electrons. The smallest absolute Gasteiger partial charge is 0.168 e. The van der Waals surface area contributed by atoms with Crippen molar-refractivity contribution in [2.24, 2.45) is 4.99 Å². The van der Waals surface area contributed by atoms with E-state index < -0.39 is 0 Å². The summed E-state index contributed by atoms with van der Waals surface area (Å²) < 4.78 is 0. The highest BCUT2D eigenvalue weighted by atomic mass is 16.1. The number of aromatic nitrogens is 1. The van der Waals surface area contributed by atoms with Crippen molar-refractivity contribution in [2.45, 2.75) is 19.9 Å². The van der Waals surface area contributed by atoms with Crippen molar-refractivity contribution < 1.29 is 4.79 Å². The van der Waals surface area contributed by atoms with Crippen LogP contribution in [0.1, 0.15) is 30.0 Å². The Morgan fingerprint density at radius 1 is 1.38 bits per heavy atom. The van der Waals surface area contributed by atoms with E-state index in [2.05, 4.69) is 9.98 Å². The monoisotopic (exact) mass is 176 g/mol. The highest BCUT2D eigenvalue weighted by Gasteiger charge is 1.93. The van der Waals surface area contributed by atoms with Crippen LogP contribution in [0.2, 0.25) is 0 Å². The lowest BCUT2D eigenvalue weighted by atomic mass is 10.3. The number of rotatable bonds is 3. The van der Waals surface area contributed by atoms with E-state index in [1.54, 1.807) is 18.3 Å². The number of hydrogen-bond acceptors (Lipinski definition) is 3. The van der Waals surface area contributed by atoms with Gasteiger partial charge in [0, 0.05) is 12.3 Å². The normalized spacial score (nSPS) is 11.0. The summed E-state index contributed by atoms with van der Waals surface area (Å²) in [6.07, 6.45) is 2.41.